The highest BCUT2D eigenvalue weighted by atomic mass is 16.3. The van der Waals surface area contributed by atoms with Crippen LogP contribution in [0.15, 0.2) is 42.6 Å². The number of carbonyl (C=O) groups is 1. The van der Waals surface area contributed by atoms with Crippen LogP contribution < -0.4 is 0 Å². The first kappa shape index (κ1) is 14.0. The van der Waals surface area contributed by atoms with Gasteiger partial charge < -0.3 is 5.11 Å². The van der Waals surface area contributed by atoms with Crippen LogP contribution in [0, 0.1) is 0 Å². The van der Waals surface area contributed by atoms with Gasteiger partial charge in [-0.25, -0.2) is 4.68 Å². The normalized spacial score (nSPS) is 18.1. The van der Waals surface area contributed by atoms with E-state index < -0.39 is 5.60 Å². The summed E-state index contributed by atoms with van der Waals surface area (Å²) in [7, 11) is 0. The Labute approximate surface area is 124 Å². The monoisotopic (exact) mass is 284 g/mol. The Kier molecular flexibility index (Phi) is 3.88. The van der Waals surface area contributed by atoms with E-state index in [9.17, 15) is 9.90 Å². The van der Waals surface area contributed by atoms with Crippen molar-refractivity contribution in [3.63, 3.8) is 0 Å². The summed E-state index contributed by atoms with van der Waals surface area (Å²) in [5, 5.41) is 15.0. The Bertz CT molecular complexity index is 611. The van der Waals surface area contributed by atoms with Gasteiger partial charge in [0.15, 0.2) is 0 Å². The fourth-order valence-electron chi connectivity index (χ4n) is 3.03. The van der Waals surface area contributed by atoms with Crippen molar-refractivity contribution >= 4 is 5.78 Å². The highest BCUT2D eigenvalue weighted by Gasteiger charge is 2.38. The Balaban J connectivity index is 1.94. The van der Waals surface area contributed by atoms with Gasteiger partial charge in [-0.15, -0.1) is 0 Å². The third kappa shape index (κ3) is 2.76. The Morgan fingerprint density at radius 2 is 1.71 bits per heavy atom. The Morgan fingerprint density at radius 1 is 1.05 bits per heavy atom. The molecule has 4 heteroatoms. The number of aromatic nitrogens is 2. The highest BCUT2D eigenvalue weighted by molar-refractivity contribution is 6.01. The van der Waals surface area contributed by atoms with Gasteiger partial charge in [0.1, 0.15) is 11.3 Å². The molecule has 1 saturated carbocycles. The van der Waals surface area contributed by atoms with Crippen LogP contribution in [0.3, 0.4) is 0 Å². The van der Waals surface area contributed by atoms with E-state index in [1.165, 1.54) is 0 Å². The molecule has 1 N–H and O–H groups in total. The summed E-state index contributed by atoms with van der Waals surface area (Å²) in [4.78, 5) is 12.8. The molecule has 1 aliphatic rings. The van der Waals surface area contributed by atoms with Crippen molar-refractivity contribution in [1.29, 1.82) is 0 Å². The van der Waals surface area contributed by atoms with Crippen LogP contribution in [0.1, 0.15) is 49.0 Å². The lowest BCUT2D eigenvalue weighted by Gasteiger charge is -2.25. The molecule has 3 rings (SSSR count). The van der Waals surface area contributed by atoms with E-state index in [2.05, 4.69) is 5.10 Å². The average molecular weight is 284 g/mol. The van der Waals surface area contributed by atoms with E-state index in [0.29, 0.717) is 18.5 Å². The van der Waals surface area contributed by atoms with Crippen LogP contribution in [0.4, 0.5) is 0 Å². The number of para-hydroxylation sites is 1. The number of aliphatic hydroxyl groups is 1. The van der Waals surface area contributed by atoms with Crippen LogP contribution in [0.25, 0.3) is 5.69 Å². The molecule has 0 amide bonds. The van der Waals surface area contributed by atoms with Crippen LogP contribution in [-0.4, -0.2) is 26.3 Å². The zero-order valence-electron chi connectivity index (χ0n) is 12.0. The van der Waals surface area contributed by atoms with Gasteiger partial charge in [0.05, 0.1) is 11.9 Å². The molecule has 2 aromatic rings. The molecule has 0 unspecified atom stereocenters. The van der Waals surface area contributed by atoms with Gasteiger partial charge in [-0.3, -0.25) is 4.79 Å². The summed E-state index contributed by atoms with van der Waals surface area (Å²) in [6.07, 6.45) is 6.70. The highest BCUT2D eigenvalue weighted by Crippen LogP contribution is 2.30. The molecule has 0 atom stereocenters. The summed E-state index contributed by atoms with van der Waals surface area (Å²) >= 11 is 0. The summed E-state index contributed by atoms with van der Waals surface area (Å²) in [6.45, 7) is 0. The first-order chi connectivity index (χ1) is 10.2. The number of hydrogen-bond acceptors (Lipinski definition) is 3. The van der Waals surface area contributed by atoms with Crippen molar-refractivity contribution in [3.05, 3.63) is 48.3 Å². The van der Waals surface area contributed by atoms with Crippen LogP contribution >= 0.6 is 0 Å². The zero-order chi connectivity index (χ0) is 14.7. The maximum Gasteiger partial charge on any atom is 0.212 e. The SMILES string of the molecule is O=C(c1ccnn1-c1ccccc1)C1(O)CCCCCC1. The van der Waals surface area contributed by atoms with E-state index >= 15 is 0 Å². The predicted octanol–water partition coefficient (Wildman–Crippen LogP) is 3.14. The number of nitrogens with zero attached hydrogens (tertiary/aromatic N) is 2. The second-order valence-electron chi connectivity index (χ2n) is 5.74. The van der Waals surface area contributed by atoms with E-state index in [-0.39, 0.29) is 5.78 Å². The molecule has 1 aromatic carbocycles. The molecule has 21 heavy (non-hydrogen) atoms. The second-order valence-corrected chi connectivity index (χ2v) is 5.74. The van der Waals surface area contributed by atoms with Crippen molar-refractivity contribution < 1.29 is 9.90 Å². The summed E-state index contributed by atoms with van der Waals surface area (Å²) in [6, 6.07) is 11.2. The molecule has 1 fully saturated rings. The molecule has 0 spiro atoms. The topological polar surface area (TPSA) is 55.1 Å². The average Bonchev–Trinajstić information content (AvgIpc) is 2.90. The number of carbonyl (C=O) groups excluding carboxylic acids is 1. The lowest BCUT2D eigenvalue weighted by Crippen LogP contribution is -2.39. The molecule has 0 saturated heterocycles. The number of Topliss-reactive ketones (excluding diaryl/α,β-unsaturated/α-hetero) is 1. The van der Waals surface area contributed by atoms with Gasteiger partial charge >= 0.3 is 0 Å². The van der Waals surface area contributed by atoms with Gasteiger partial charge in [-0.05, 0) is 31.0 Å². The number of rotatable bonds is 3. The number of hydrogen-bond donors (Lipinski definition) is 1. The van der Waals surface area contributed by atoms with E-state index in [0.717, 1.165) is 31.4 Å². The Morgan fingerprint density at radius 3 is 2.38 bits per heavy atom. The summed E-state index contributed by atoms with van der Waals surface area (Å²) in [5.74, 6) is -0.203. The molecule has 110 valence electrons. The van der Waals surface area contributed by atoms with Crippen molar-refractivity contribution in [2.24, 2.45) is 0 Å². The molecule has 4 nitrogen and oxygen atoms in total. The van der Waals surface area contributed by atoms with Gasteiger partial charge in [0.2, 0.25) is 5.78 Å². The Hall–Kier alpha value is -1.94. The first-order valence-corrected chi connectivity index (χ1v) is 7.57. The van der Waals surface area contributed by atoms with Gasteiger partial charge in [0.25, 0.3) is 0 Å². The lowest BCUT2D eigenvalue weighted by atomic mass is 9.88. The summed E-state index contributed by atoms with van der Waals surface area (Å²) in [5.41, 5.74) is 0.0666. The third-order valence-electron chi connectivity index (χ3n) is 4.23. The first-order valence-electron chi connectivity index (χ1n) is 7.57. The molecule has 0 aliphatic heterocycles. The fraction of sp³-hybridized carbons (Fsp3) is 0.412. The maximum absolute atomic E-state index is 12.8. The third-order valence-corrected chi connectivity index (χ3v) is 4.23. The van der Waals surface area contributed by atoms with Gasteiger partial charge in [-0.1, -0.05) is 43.9 Å². The molecule has 0 radical (unpaired) electrons. The molecular weight excluding hydrogens is 264 g/mol. The minimum atomic E-state index is -1.23. The predicted molar refractivity (Wildman–Crippen MR) is 80.5 cm³/mol. The minimum Gasteiger partial charge on any atom is -0.382 e. The summed E-state index contributed by atoms with van der Waals surface area (Å²) < 4.78 is 1.62. The van der Waals surface area contributed by atoms with Crippen LogP contribution in [-0.2, 0) is 0 Å². The quantitative estimate of drug-likeness (QED) is 0.696. The van der Waals surface area contributed by atoms with Crippen molar-refractivity contribution in [2.45, 2.75) is 44.1 Å². The standard InChI is InChI=1S/C17H20N2O2/c20-16(17(21)11-6-1-2-7-12-17)15-10-13-18-19(15)14-8-4-3-5-9-14/h3-5,8-10,13,21H,1-2,6-7,11-12H2. The molecule has 1 aliphatic carbocycles. The smallest absolute Gasteiger partial charge is 0.212 e. The molecular formula is C17H20N2O2. The van der Waals surface area contributed by atoms with E-state index in [1.54, 1.807) is 16.9 Å². The molecule has 1 heterocycles. The minimum absolute atomic E-state index is 0.203. The van der Waals surface area contributed by atoms with Crippen molar-refractivity contribution in [1.82, 2.24) is 9.78 Å². The van der Waals surface area contributed by atoms with Crippen LogP contribution in [0.5, 0.6) is 0 Å². The maximum atomic E-state index is 12.8. The van der Waals surface area contributed by atoms with Gasteiger partial charge in [-0.2, -0.15) is 5.10 Å². The molecule has 1 aromatic heterocycles. The lowest BCUT2D eigenvalue weighted by molar-refractivity contribution is 0.0230. The van der Waals surface area contributed by atoms with E-state index in [4.69, 9.17) is 0 Å². The molecule has 0 bridgehead atoms. The number of ketones is 1. The largest absolute Gasteiger partial charge is 0.382 e. The van der Waals surface area contributed by atoms with E-state index in [1.807, 2.05) is 30.3 Å². The van der Waals surface area contributed by atoms with Gasteiger partial charge in [0, 0.05) is 0 Å². The zero-order valence-corrected chi connectivity index (χ0v) is 12.0. The van der Waals surface area contributed by atoms with Crippen LogP contribution in [0.2, 0.25) is 0 Å². The fourth-order valence-corrected chi connectivity index (χ4v) is 3.03. The number of benzene rings is 1. The second kappa shape index (κ2) is 5.82. The van der Waals surface area contributed by atoms with Crippen molar-refractivity contribution in [3.8, 4) is 5.69 Å². The van der Waals surface area contributed by atoms with Crippen molar-refractivity contribution in [2.75, 3.05) is 0 Å².